The number of aromatic nitrogens is 2. The van der Waals surface area contributed by atoms with Crippen LogP contribution in [0.25, 0.3) is 0 Å². The fourth-order valence-corrected chi connectivity index (χ4v) is 2.12. The van der Waals surface area contributed by atoms with E-state index in [-0.39, 0.29) is 6.54 Å². The summed E-state index contributed by atoms with van der Waals surface area (Å²) in [6.07, 6.45) is 1.67. The van der Waals surface area contributed by atoms with E-state index in [0.29, 0.717) is 5.56 Å². The SMILES string of the molecule is CNC(Cn1nccc1C)(C(=O)O)c1ccccc1. The molecule has 0 saturated carbocycles. The lowest BCUT2D eigenvalue weighted by Crippen LogP contribution is -2.51. The average Bonchev–Trinajstić information content (AvgIpc) is 2.82. The predicted molar refractivity (Wildman–Crippen MR) is 71.8 cm³/mol. The summed E-state index contributed by atoms with van der Waals surface area (Å²) in [6, 6.07) is 11.0. The maximum absolute atomic E-state index is 11.8. The van der Waals surface area contributed by atoms with Crippen molar-refractivity contribution in [2.24, 2.45) is 0 Å². The van der Waals surface area contributed by atoms with Crippen LogP contribution in [0, 0.1) is 6.92 Å². The van der Waals surface area contributed by atoms with Crippen molar-refractivity contribution in [3.63, 3.8) is 0 Å². The van der Waals surface area contributed by atoms with Gasteiger partial charge in [-0.05, 0) is 25.6 Å². The molecule has 0 aliphatic carbocycles. The Balaban J connectivity index is 2.47. The number of carboxylic acids is 1. The van der Waals surface area contributed by atoms with Crippen LogP contribution in [0.4, 0.5) is 0 Å². The molecule has 1 aromatic heterocycles. The molecule has 100 valence electrons. The zero-order chi connectivity index (χ0) is 13.9. The highest BCUT2D eigenvalue weighted by molar-refractivity contribution is 5.80. The summed E-state index contributed by atoms with van der Waals surface area (Å²) in [6.45, 7) is 2.14. The number of aliphatic carboxylic acids is 1. The van der Waals surface area contributed by atoms with Gasteiger partial charge in [-0.15, -0.1) is 0 Å². The first-order chi connectivity index (χ1) is 9.10. The van der Waals surface area contributed by atoms with Crippen LogP contribution in [0.3, 0.4) is 0 Å². The first kappa shape index (κ1) is 13.3. The second-order valence-electron chi connectivity index (χ2n) is 4.46. The molecule has 1 atom stereocenters. The topological polar surface area (TPSA) is 67.2 Å². The molecule has 0 aliphatic rings. The van der Waals surface area contributed by atoms with Gasteiger partial charge in [-0.2, -0.15) is 5.10 Å². The predicted octanol–water partition coefficient (Wildman–Crippen LogP) is 1.39. The molecule has 0 saturated heterocycles. The third-order valence-electron chi connectivity index (χ3n) is 3.37. The Kier molecular flexibility index (Phi) is 3.66. The summed E-state index contributed by atoms with van der Waals surface area (Å²) in [7, 11) is 1.65. The van der Waals surface area contributed by atoms with Crippen molar-refractivity contribution in [2.75, 3.05) is 7.05 Å². The van der Waals surface area contributed by atoms with E-state index >= 15 is 0 Å². The first-order valence-corrected chi connectivity index (χ1v) is 6.06. The highest BCUT2D eigenvalue weighted by atomic mass is 16.4. The third-order valence-corrected chi connectivity index (χ3v) is 3.37. The van der Waals surface area contributed by atoms with Crippen LogP contribution < -0.4 is 5.32 Å². The van der Waals surface area contributed by atoms with Crippen LogP contribution in [0.2, 0.25) is 0 Å². The van der Waals surface area contributed by atoms with Crippen LogP contribution in [-0.4, -0.2) is 27.9 Å². The minimum Gasteiger partial charge on any atom is -0.480 e. The zero-order valence-corrected chi connectivity index (χ0v) is 11.0. The van der Waals surface area contributed by atoms with Gasteiger partial charge >= 0.3 is 5.97 Å². The van der Waals surface area contributed by atoms with Crippen LogP contribution in [0.15, 0.2) is 42.6 Å². The molecule has 5 nitrogen and oxygen atoms in total. The summed E-state index contributed by atoms with van der Waals surface area (Å²) in [5, 5.41) is 16.8. The lowest BCUT2D eigenvalue weighted by molar-refractivity contribution is -0.146. The first-order valence-electron chi connectivity index (χ1n) is 6.06. The maximum Gasteiger partial charge on any atom is 0.330 e. The summed E-state index contributed by atoms with van der Waals surface area (Å²) in [5.74, 6) is -0.920. The minimum absolute atomic E-state index is 0.238. The molecular formula is C14H17N3O2. The zero-order valence-electron chi connectivity index (χ0n) is 11.0. The Hall–Kier alpha value is -2.14. The third kappa shape index (κ3) is 2.37. The van der Waals surface area contributed by atoms with Gasteiger partial charge in [0.15, 0.2) is 5.54 Å². The highest BCUT2D eigenvalue weighted by Gasteiger charge is 2.39. The molecule has 2 N–H and O–H groups in total. The summed E-state index contributed by atoms with van der Waals surface area (Å²) in [4.78, 5) is 11.8. The van der Waals surface area contributed by atoms with E-state index in [1.165, 1.54) is 0 Å². The lowest BCUT2D eigenvalue weighted by Gasteiger charge is -2.30. The van der Waals surface area contributed by atoms with Crippen molar-refractivity contribution in [1.29, 1.82) is 0 Å². The number of hydrogen-bond donors (Lipinski definition) is 2. The fourth-order valence-electron chi connectivity index (χ4n) is 2.12. The van der Waals surface area contributed by atoms with Gasteiger partial charge in [-0.1, -0.05) is 30.3 Å². The molecule has 0 fully saturated rings. The molecule has 5 heteroatoms. The maximum atomic E-state index is 11.8. The van der Waals surface area contributed by atoms with Crippen molar-refractivity contribution in [3.05, 3.63) is 53.9 Å². The van der Waals surface area contributed by atoms with Crippen molar-refractivity contribution in [2.45, 2.75) is 19.0 Å². The number of nitrogens with one attached hydrogen (secondary N) is 1. The number of benzene rings is 1. The number of nitrogens with zero attached hydrogens (tertiary/aromatic N) is 2. The van der Waals surface area contributed by atoms with E-state index in [1.54, 1.807) is 17.9 Å². The number of carbonyl (C=O) groups is 1. The van der Waals surface area contributed by atoms with Crippen LogP contribution in [0.1, 0.15) is 11.3 Å². The van der Waals surface area contributed by atoms with Gasteiger partial charge in [0, 0.05) is 11.9 Å². The number of aryl methyl sites for hydroxylation is 1. The molecule has 0 radical (unpaired) electrons. The number of rotatable bonds is 5. The van der Waals surface area contributed by atoms with Gasteiger partial charge in [0.25, 0.3) is 0 Å². The Morgan fingerprint density at radius 3 is 2.53 bits per heavy atom. The van der Waals surface area contributed by atoms with Crippen molar-refractivity contribution < 1.29 is 9.90 Å². The van der Waals surface area contributed by atoms with Gasteiger partial charge in [0.1, 0.15) is 0 Å². The number of carboxylic acid groups (broad SMARTS) is 1. The Labute approximate surface area is 111 Å². The van der Waals surface area contributed by atoms with Crippen LogP contribution in [-0.2, 0) is 16.9 Å². The van der Waals surface area contributed by atoms with E-state index in [0.717, 1.165) is 5.69 Å². The fraction of sp³-hybridized carbons (Fsp3) is 0.286. The van der Waals surface area contributed by atoms with E-state index in [9.17, 15) is 9.90 Å². The standard InChI is InChI=1S/C14H17N3O2/c1-11-8-9-16-17(11)10-14(15-2,13(18)19)12-6-4-3-5-7-12/h3-9,15H,10H2,1-2H3,(H,18,19). The lowest BCUT2D eigenvalue weighted by atomic mass is 9.90. The van der Waals surface area contributed by atoms with Crippen molar-refractivity contribution >= 4 is 5.97 Å². The molecule has 2 rings (SSSR count). The second-order valence-corrected chi connectivity index (χ2v) is 4.46. The molecule has 0 amide bonds. The largest absolute Gasteiger partial charge is 0.480 e. The van der Waals surface area contributed by atoms with E-state index in [4.69, 9.17) is 0 Å². The molecule has 0 spiro atoms. The average molecular weight is 259 g/mol. The molecule has 1 heterocycles. The number of hydrogen-bond acceptors (Lipinski definition) is 3. The molecule has 1 unspecified atom stereocenters. The number of likely N-dealkylation sites (N-methyl/N-ethyl adjacent to an activating group) is 1. The molecule has 19 heavy (non-hydrogen) atoms. The highest BCUT2D eigenvalue weighted by Crippen LogP contribution is 2.24. The van der Waals surface area contributed by atoms with E-state index < -0.39 is 11.5 Å². The smallest absolute Gasteiger partial charge is 0.330 e. The summed E-state index contributed by atoms with van der Waals surface area (Å²) < 4.78 is 1.69. The Morgan fingerprint density at radius 1 is 1.37 bits per heavy atom. The van der Waals surface area contributed by atoms with E-state index in [2.05, 4.69) is 10.4 Å². The van der Waals surface area contributed by atoms with Gasteiger partial charge in [-0.25, -0.2) is 4.79 Å². The molecule has 1 aromatic carbocycles. The molecule has 0 bridgehead atoms. The summed E-state index contributed by atoms with van der Waals surface area (Å²) in [5.41, 5.74) is 0.453. The minimum atomic E-state index is -1.18. The summed E-state index contributed by atoms with van der Waals surface area (Å²) >= 11 is 0. The quantitative estimate of drug-likeness (QED) is 0.851. The van der Waals surface area contributed by atoms with Gasteiger partial charge in [0.05, 0.1) is 6.54 Å². The molecule has 2 aromatic rings. The normalized spacial score (nSPS) is 14.0. The van der Waals surface area contributed by atoms with Crippen molar-refractivity contribution in [1.82, 2.24) is 15.1 Å². The van der Waals surface area contributed by atoms with Crippen LogP contribution >= 0.6 is 0 Å². The van der Waals surface area contributed by atoms with Gasteiger partial charge in [-0.3, -0.25) is 10.00 Å². The molecule has 0 aliphatic heterocycles. The van der Waals surface area contributed by atoms with Crippen molar-refractivity contribution in [3.8, 4) is 0 Å². The Morgan fingerprint density at radius 2 is 2.05 bits per heavy atom. The Bertz CT molecular complexity index is 565. The van der Waals surface area contributed by atoms with Gasteiger partial charge < -0.3 is 5.11 Å². The van der Waals surface area contributed by atoms with E-state index in [1.807, 2.05) is 43.3 Å². The molecular weight excluding hydrogens is 242 g/mol. The monoisotopic (exact) mass is 259 g/mol. The van der Waals surface area contributed by atoms with Crippen LogP contribution in [0.5, 0.6) is 0 Å². The second kappa shape index (κ2) is 5.24. The van der Waals surface area contributed by atoms with Gasteiger partial charge in [0.2, 0.25) is 0 Å².